The Morgan fingerprint density at radius 2 is 2.00 bits per heavy atom. The van der Waals surface area contributed by atoms with Crippen molar-refractivity contribution in [1.29, 1.82) is 0 Å². The molecule has 0 radical (unpaired) electrons. The number of hydrogen-bond acceptors (Lipinski definition) is 5. The minimum absolute atomic E-state index is 0.0276. The van der Waals surface area contributed by atoms with E-state index in [9.17, 15) is 22.8 Å². The molecule has 3 rings (SSSR count). The Morgan fingerprint density at radius 3 is 2.57 bits per heavy atom. The number of hydrogen-bond donors (Lipinski definition) is 1. The van der Waals surface area contributed by atoms with Crippen molar-refractivity contribution < 1.29 is 42.1 Å². The van der Waals surface area contributed by atoms with Crippen molar-refractivity contribution >= 4 is 18.0 Å². The molecule has 0 aromatic heterocycles. The minimum atomic E-state index is -4.75. The summed E-state index contributed by atoms with van der Waals surface area (Å²) in [5, 5.41) is 8.75. The second-order valence-corrected chi connectivity index (χ2v) is 5.53. The summed E-state index contributed by atoms with van der Waals surface area (Å²) in [5.41, 5.74) is 0.0796. The first-order valence-electron chi connectivity index (χ1n) is 8.15. The van der Waals surface area contributed by atoms with Gasteiger partial charge in [0.15, 0.2) is 0 Å². The molecule has 28 heavy (non-hydrogen) atoms. The van der Waals surface area contributed by atoms with E-state index in [1.54, 1.807) is 31.4 Å². The third-order valence-electron chi connectivity index (χ3n) is 3.55. The number of para-hydroxylation sites is 1. The normalized spacial score (nSPS) is 17.5. The fourth-order valence-corrected chi connectivity index (χ4v) is 2.31. The Labute approximate surface area is 158 Å². The monoisotopic (exact) mass is 398 g/mol. The predicted octanol–water partition coefficient (Wildman–Crippen LogP) is 3.50. The molecule has 2 aliphatic heterocycles. The number of carboxylic acid groups (broad SMARTS) is 1. The zero-order valence-corrected chi connectivity index (χ0v) is 14.7. The fraction of sp³-hybridized carbons (Fsp3) is 0.263. The summed E-state index contributed by atoms with van der Waals surface area (Å²) in [6.07, 6.45) is -1.27. The maximum absolute atomic E-state index is 12.6. The van der Waals surface area contributed by atoms with Crippen molar-refractivity contribution in [3.05, 3.63) is 59.4 Å². The Kier molecular flexibility index (Phi) is 6.86. The zero-order valence-electron chi connectivity index (χ0n) is 14.7. The zero-order chi connectivity index (χ0) is 20.7. The Balaban J connectivity index is 0.000000221. The van der Waals surface area contributed by atoms with Crippen LogP contribution in [0.3, 0.4) is 0 Å². The van der Waals surface area contributed by atoms with Gasteiger partial charge in [-0.1, -0.05) is 18.2 Å². The summed E-state index contributed by atoms with van der Waals surface area (Å²) in [7, 11) is 0. The number of fused-ring (bicyclic) bond motifs is 1. The number of benzene rings is 1. The van der Waals surface area contributed by atoms with Crippen LogP contribution in [-0.2, 0) is 19.1 Å². The highest BCUT2D eigenvalue weighted by Gasteiger charge is 2.48. The number of rotatable bonds is 3. The van der Waals surface area contributed by atoms with E-state index in [0.717, 1.165) is 6.08 Å². The van der Waals surface area contributed by atoms with Crippen molar-refractivity contribution in [3.63, 3.8) is 0 Å². The van der Waals surface area contributed by atoms with Gasteiger partial charge in [0.1, 0.15) is 12.4 Å². The molecule has 1 N–H and O–H groups in total. The minimum Gasteiger partial charge on any atom is -0.496 e. The van der Waals surface area contributed by atoms with Gasteiger partial charge in [0.2, 0.25) is 6.10 Å². The van der Waals surface area contributed by atoms with Gasteiger partial charge in [0.05, 0.1) is 24.0 Å². The first-order valence-corrected chi connectivity index (χ1v) is 8.15. The van der Waals surface area contributed by atoms with Crippen LogP contribution in [0, 0.1) is 0 Å². The summed E-state index contributed by atoms with van der Waals surface area (Å²) >= 11 is 0. The molecule has 1 unspecified atom stereocenters. The molecule has 1 aromatic rings. The van der Waals surface area contributed by atoms with E-state index in [2.05, 4.69) is 0 Å². The standard InChI is InChI=1S/C11H7F3O3.C8H10O3/c12-11(13,14)9-7(10(15)16)5-6-3-1-2-4-8(6)17-9;1-2-11-8(9)7-4-3-5-10-6-7/h1-5,9H,(H,15,16);3-5H,2,6H2,1H3. The van der Waals surface area contributed by atoms with E-state index >= 15 is 0 Å². The summed E-state index contributed by atoms with van der Waals surface area (Å²) in [6.45, 7) is 2.49. The van der Waals surface area contributed by atoms with E-state index in [0.29, 0.717) is 24.4 Å². The fourth-order valence-electron chi connectivity index (χ4n) is 2.31. The number of carbonyl (C=O) groups excluding carboxylic acids is 1. The largest absolute Gasteiger partial charge is 0.496 e. The lowest BCUT2D eigenvalue weighted by Gasteiger charge is -2.26. The molecule has 2 heterocycles. The van der Waals surface area contributed by atoms with Crippen molar-refractivity contribution in [3.8, 4) is 5.75 Å². The molecule has 2 aliphatic rings. The molecular formula is C19H17F3O6. The number of carbonyl (C=O) groups is 2. The van der Waals surface area contributed by atoms with E-state index in [1.807, 2.05) is 0 Å². The van der Waals surface area contributed by atoms with Gasteiger partial charge in [-0.15, -0.1) is 0 Å². The van der Waals surface area contributed by atoms with Gasteiger partial charge in [-0.25, -0.2) is 9.59 Å². The Bertz CT molecular complexity index is 823. The first-order chi connectivity index (χ1) is 13.2. The van der Waals surface area contributed by atoms with Crippen molar-refractivity contribution in [2.75, 3.05) is 13.2 Å². The van der Waals surface area contributed by atoms with Crippen LogP contribution in [-0.4, -0.2) is 42.5 Å². The number of ether oxygens (including phenoxy) is 3. The highest BCUT2D eigenvalue weighted by molar-refractivity contribution is 5.95. The SMILES string of the molecule is CCOC(=O)C1=CC=COC1.O=C(O)C1=Cc2ccccc2OC1C(F)(F)F. The first kappa shape index (κ1) is 21.1. The Hall–Kier alpha value is -3.23. The molecule has 0 bridgehead atoms. The highest BCUT2D eigenvalue weighted by Crippen LogP contribution is 2.36. The van der Waals surface area contributed by atoms with E-state index in [4.69, 9.17) is 19.3 Å². The number of aliphatic carboxylic acids is 1. The summed E-state index contributed by atoms with van der Waals surface area (Å²) in [5.74, 6) is -1.90. The van der Waals surface area contributed by atoms with Crippen LogP contribution in [0.15, 0.2) is 53.8 Å². The van der Waals surface area contributed by atoms with Gasteiger partial charge in [0.25, 0.3) is 0 Å². The van der Waals surface area contributed by atoms with Crippen LogP contribution >= 0.6 is 0 Å². The topological polar surface area (TPSA) is 82.1 Å². The molecule has 1 aromatic carbocycles. The quantitative estimate of drug-likeness (QED) is 0.785. The lowest BCUT2D eigenvalue weighted by Crippen LogP contribution is -2.40. The van der Waals surface area contributed by atoms with E-state index < -0.39 is 23.8 Å². The third-order valence-corrected chi connectivity index (χ3v) is 3.55. The lowest BCUT2D eigenvalue weighted by atomic mass is 10.0. The molecule has 9 heteroatoms. The van der Waals surface area contributed by atoms with Crippen LogP contribution in [0.2, 0.25) is 0 Å². The maximum Gasteiger partial charge on any atom is 0.430 e. The molecular weight excluding hydrogens is 381 g/mol. The summed E-state index contributed by atoms with van der Waals surface area (Å²) < 4.78 is 52.2. The molecule has 0 aliphatic carbocycles. The molecule has 150 valence electrons. The van der Waals surface area contributed by atoms with Crippen LogP contribution in [0.25, 0.3) is 6.08 Å². The average Bonchev–Trinajstić information content (AvgIpc) is 2.67. The van der Waals surface area contributed by atoms with Crippen LogP contribution in [0.4, 0.5) is 13.2 Å². The van der Waals surface area contributed by atoms with Gasteiger partial charge < -0.3 is 19.3 Å². The van der Waals surface area contributed by atoms with Gasteiger partial charge in [0, 0.05) is 5.56 Å². The van der Waals surface area contributed by atoms with Gasteiger partial charge in [-0.2, -0.15) is 13.2 Å². The van der Waals surface area contributed by atoms with Crippen LogP contribution in [0.1, 0.15) is 12.5 Å². The predicted molar refractivity (Wildman–Crippen MR) is 92.3 cm³/mol. The van der Waals surface area contributed by atoms with Crippen LogP contribution < -0.4 is 4.74 Å². The summed E-state index contributed by atoms with van der Waals surface area (Å²) in [6, 6.07) is 5.96. The maximum atomic E-state index is 12.6. The second kappa shape index (κ2) is 9.12. The third kappa shape index (κ3) is 5.38. The van der Waals surface area contributed by atoms with Gasteiger partial charge in [-0.3, -0.25) is 0 Å². The van der Waals surface area contributed by atoms with Crippen molar-refractivity contribution in [2.45, 2.75) is 19.2 Å². The molecule has 0 amide bonds. The smallest absolute Gasteiger partial charge is 0.430 e. The van der Waals surface area contributed by atoms with E-state index in [-0.39, 0.29) is 11.7 Å². The second-order valence-electron chi connectivity index (χ2n) is 5.53. The Morgan fingerprint density at radius 1 is 1.29 bits per heavy atom. The lowest BCUT2D eigenvalue weighted by molar-refractivity contribution is -0.187. The molecule has 0 saturated heterocycles. The van der Waals surface area contributed by atoms with Crippen LogP contribution in [0.5, 0.6) is 5.75 Å². The molecule has 6 nitrogen and oxygen atoms in total. The highest BCUT2D eigenvalue weighted by atomic mass is 19.4. The molecule has 0 fully saturated rings. The van der Waals surface area contributed by atoms with Crippen molar-refractivity contribution in [2.24, 2.45) is 0 Å². The number of halogens is 3. The summed E-state index contributed by atoms with van der Waals surface area (Å²) in [4.78, 5) is 21.8. The number of alkyl halides is 3. The number of allylic oxidation sites excluding steroid dienone is 2. The van der Waals surface area contributed by atoms with Gasteiger partial charge in [-0.05, 0) is 31.2 Å². The average molecular weight is 398 g/mol. The molecule has 0 saturated carbocycles. The number of esters is 1. The molecule has 1 atom stereocenters. The van der Waals surface area contributed by atoms with E-state index in [1.165, 1.54) is 18.2 Å². The number of carboxylic acids is 1. The molecule has 0 spiro atoms. The van der Waals surface area contributed by atoms with Gasteiger partial charge >= 0.3 is 18.1 Å². The van der Waals surface area contributed by atoms with Crippen molar-refractivity contribution in [1.82, 2.24) is 0 Å².